The fourth-order valence-electron chi connectivity index (χ4n) is 5.69. The maximum Gasteiger partial charge on any atom is 0.0451 e. The lowest BCUT2D eigenvalue weighted by atomic mass is 9.73. The molecule has 1 saturated heterocycles. The summed E-state index contributed by atoms with van der Waals surface area (Å²) in [6.45, 7) is 15.4. The molecule has 1 aromatic carbocycles. The van der Waals surface area contributed by atoms with Gasteiger partial charge in [0, 0.05) is 28.4 Å². The van der Waals surface area contributed by atoms with Gasteiger partial charge < -0.3 is 5.32 Å². The zero-order chi connectivity index (χ0) is 21.6. The number of nitrogens with zero attached hydrogens (tertiary/aromatic N) is 1. The predicted octanol–water partition coefficient (Wildman–Crippen LogP) is 6.61. The lowest BCUT2D eigenvalue weighted by Gasteiger charge is -2.35. The quantitative estimate of drug-likeness (QED) is 0.618. The fraction of sp³-hybridized carbons (Fsp3) is 0.345. The van der Waals surface area contributed by atoms with E-state index in [0.29, 0.717) is 0 Å². The minimum absolute atomic E-state index is 0.248. The van der Waals surface area contributed by atoms with Crippen LogP contribution in [0, 0.1) is 6.92 Å². The van der Waals surface area contributed by atoms with E-state index in [1.165, 1.54) is 51.8 Å². The standard InChI is InChI=1S/C29H32N2/c1-19-7-5-6-8-25(19)24-15-27(22(4)31-18-24)21(3)23-9-10-26-20(2)17-29(28(26)16-23)11-13-30-14-12-29/h6,8-10,15-16,18,30H,2-3,5,7,11-14,17H2,1,4H3. The second-order valence-electron chi connectivity index (χ2n) is 9.54. The maximum atomic E-state index is 4.75. The number of nitrogens with one attached hydrogen (secondary N) is 1. The van der Waals surface area contributed by atoms with Gasteiger partial charge in [-0.25, -0.2) is 0 Å². The van der Waals surface area contributed by atoms with Gasteiger partial charge in [0.2, 0.25) is 0 Å². The topological polar surface area (TPSA) is 24.9 Å². The second-order valence-corrected chi connectivity index (χ2v) is 9.54. The molecule has 2 heteroatoms. The normalized spacial score (nSPS) is 19.7. The Bertz CT molecular complexity index is 1140. The highest BCUT2D eigenvalue weighted by Crippen LogP contribution is 2.50. The minimum atomic E-state index is 0.248. The molecule has 0 saturated carbocycles. The third-order valence-corrected chi connectivity index (χ3v) is 7.59. The van der Waals surface area contributed by atoms with E-state index in [9.17, 15) is 0 Å². The number of hydrogen-bond acceptors (Lipinski definition) is 2. The molecular weight excluding hydrogens is 376 g/mol. The average Bonchev–Trinajstić information content (AvgIpc) is 3.05. The van der Waals surface area contributed by atoms with Gasteiger partial charge >= 0.3 is 0 Å². The first-order valence-corrected chi connectivity index (χ1v) is 11.5. The summed E-state index contributed by atoms with van der Waals surface area (Å²) in [6, 6.07) is 9.19. The van der Waals surface area contributed by atoms with Crippen LogP contribution < -0.4 is 5.32 Å². The van der Waals surface area contributed by atoms with Gasteiger partial charge in [-0.2, -0.15) is 0 Å². The lowest BCUT2D eigenvalue weighted by Crippen LogP contribution is -2.38. The van der Waals surface area contributed by atoms with Crippen LogP contribution in [0.3, 0.4) is 0 Å². The number of piperidine rings is 1. The van der Waals surface area contributed by atoms with E-state index in [2.05, 4.69) is 68.7 Å². The first-order chi connectivity index (χ1) is 15.0. The van der Waals surface area contributed by atoms with Crippen LogP contribution in [0.5, 0.6) is 0 Å². The predicted molar refractivity (Wildman–Crippen MR) is 132 cm³/mol. The summed E-state index contributed by atoms with van der Waals surface area (Å²) in [7, 11) is 0. The van der Waals surface area contributed by atoms with Gasteiger partial charge in [-0.3, -0.25) is 4.98 Å². The first kappa shape index (κ1) is 20.2. The Balaban J connectivity index is 1.55. The van der Waals surface area contributed by atoms with Gasteiger partial charge in [0.15, 0.2) is 0 Å². The highest BCUT2D eigenvalue weighted by molar-refractivity contribution is 5.85. The number of fused-ring (bicyclic) bond motifs is 2. The highest BCUT2D eigenvalue weighted by atomic mass is 14.9. The van der Waals surface area contributed by atoms with Crippen molar-refractivity contribution in [3.05, 3.63) is 94.9 Å². The molecule has 2 aliphatic carbocycles. The molecule has 5 rings (SSSR count). The van der Waals surface area contributed by atoms with E-state index >= 15 is 0 Å². The Labute approximate surface area is 186 Å². The molecule has 0 radical (unpaired) electrons. The smallest absolute Gasteiger partial charge is 0.0451 e. The molecule has 158 valence electrons. The molecule has 0 unspecified atom stereocenters. The van der Waals surface area contributed by atoms with E-state index in [0.717, 1.165) is 49.2 Å². The molecule has 1 N–H and O–H groups in total. The van der Waals surface area contributed by atoms with Crippen LogP contribution in [-0.4, -0.2) is 18.1 Å². The molecule has 3 aliphatic rings. The van der Waals surface area contributed by atoms with Crippen molar-refractivity contribution in [3.63, 3.8) is 0 Å². The SMILES string of the molecule is C=C1CC2(CCNCC2)c2cc(C(=C)c3cc(C4=C(C)CCC=C4)cnc3C)ccc21. The number of hydrogen-bond donors (Lipinski definition) is 1. The van der Waals surface area contributed by atoms with Crippen molar-refractivity contribution in [3.8, 4) is 0 Å². The Morgan fingerprint density at radius 2 is 1.94 bits per heavy atom. The van der Waals surface area contributed by atoms with Gasteiger partial charge in [0.05, 0.1) is 0 Å². The van der Waals surface area contributed by atoms with Crippen LogP contribution in [0.25, 0.3) is 16.7 Å². The summed E-state index contributed by atoms with van der Waals surface area (Å²) < 4.78 is 0. The first-order valence-electron chi connectivity index (χ1n) is 11.5. The largest absolute Gasteiger partial charge is 0.317 e. The van der Waals surface area contributed by atoms with Crippen LogP contribution in [0.2, 0.25) is 0 Å². The maximum absolute atomic E-state index is 4.75. The van der Waals surface area contributed by atoms with Gasteiger partial charge in [-0.1, -0.05) is 43.0 Å². The van der Waals surface area contributed by atoms with Gasteiger partial charge in [-0.15, -0.1) is 0 Å². The summed E-state index contributed by atoms with van der Waals surface area (Å²) in [4.78, 5) is 4.75. The molecule has 1 spiro atoms. The minimum Gasteiger partial charge on any atom is -0.317 e. The van der Waals surface area contributed by atoms with Crippen molar-refractivity contribution in [2.24, 2.45) is 0 Å². The monoisotopic (exact) mass is 408 g/mol. The number of rotatable bonds is 3. The zero-order valence-corrected chi connectivity index (χ0v) is 18.9. The third kappa shape index (κ3) is 3.43. The summed E-state index contributed by atoms with van der Waals surface area (Å²) >= 11 is 0. The number of pyridine rings is 1. The Hall–Kier alpha value is -2.71. The second kappa shape index (κ2) is 7.76. The molecule has 0 bridgehead atoms. The van der Waals surface area contributed by atoms with Crippen LogP contribution in [0.15, 0.2) is 61.3 Å². The summed E-state index contributed by atoms with van der Waals surface area (Å²) in [5, 5.41) is 3.53. The number of aryl methyl sites for hydroxylation is 1. The van der Waals surface area contributed by atoms with E-state index in [1.54, 1.807) is 0 Å². The van der Waals surface area contributed by atoms with Crippen LogP contribution >= 0.6 is 0 Å². The highest BCUT2D eigenvalue weighted by Gasteiger charge is 2.41. The number of aromatic nitrogens is 1. The zero-order valence-electron chi connectivity index (χ0n) is 18.9. The van der Waals surface area contributed by atoms with E-state index in [-0.39, 0.29) is 5.41 Å². The Morgan fingerprint density at radius 3 is 2.71 bits per heavy atom. The molecule has 2 aromatic rings. The van der Waals surface area contributed by atoms with Gasteiger partial charge in [-0.05, 0) is 105 Å². The molecule has 1 fully saturated rings. The van der Waals surface area contributed by atoms with Crippen LogP contribution in [0.4, 0.5) is 0 Å². The van der Waals surface area contributed by atoms with Crippen molar-refractivity contribution in [1.82, 2.24) is 10.3 Å². The van der Waals surface area contributed by atoms with E-state index in [4.69, 9.17) is 4.98 Å². The molecule has 2 heterocycles. The number of benzene rings is 1. The molecule has 1 aliphatic heterocycles. The van der Waals surface area contributed by atoms with Crippen LogP contribution in [0.1, 0.15) is 72.5 Å². The molecule has 1 aromatic heterocycles. The molecule has 31 heavy (non-hydrogen) atoms. The number of allylic oxidation sites excluding steroid dienone is 5. The summed E-state index contributed by atoms with van der Waals surface area (Å²) in [5.41, 5.74) is 12.8. The molecular formula is C29H32N2. The van der Waals surface area contributed by atoms with Gasteiger partial charge in [0.1, 0.15) is 0 Å². The molecule has 0 atom stereocenters. The third-order valence-electron chi connectivity index (χ3n) is 7.59. The van der Waals surface area contributed by atoms with Crippen molar-refractivity contribution < 1.29 is 0 Å². The van der Waals surface area contributed by atoms with Crippen molar-refractivity contribution >= 4 is 16.7 Å². The molecule has 0 amide bonds. The van der Waals surface area contributed by atoms with Crippen molar-refractivity contribution in [2.45, 2.75) is 51.4 Å². The Morgan fingerprint density at radius 1 is 1.13 bits per heavy atom. The van der Waals surface area contributed by atoms with Crippen molar-refractivity contribution in [2.75, 3.05) is 13.1 Å². The Kier molecular flexibility index (Phi) is 5.06. The summed E-state index contributed by atoms with van der Waals surface area (Å²) in [5.74, 6) is 0. The summed E-state index contributed by atoms with van der Waals surface area (Å²) in [6.07, 6.45) is 12.2. The van der Waals surface area contributed by atoms with Gasteiger partial charge in [0.25, 0.3) is 0 Å². The fourth-order valence-corrected chi connectivity index (χ4v) is 5.69. The average molecular weight is 409 g/mol. The molecule has 2 nitrogen and oxygen atoms in total. The lowest BCUT2D eigenvalue weighted by molar-refractivity contribution is 0.322. The van der Waals surface area contributed by atoms with E-state index in [1.807, 2.05) is 6.20 Å². The van der Waals surface area contributed by atoms with Crippen molar-refractivity contribution in [1.29, 1.82) is 0 Å². The van der Waals surface area contributed by atoms with Crippen LogP contribution in [-0.2, 0) is 5.41 Å². The van der Waals surface area contributed by atoms with E-state index < -0.39 is 0 Å².